The third-order valence-corrected chi connectivity index (χ3v) is 14.2. The van der Waals surface area contributed by atoms with Gasteiger partial charge < -0.3 is 50.4 Å². The third-order valence-electron chi connectivity index (χ3n) is 14.2. The molecule has 1 aliphatic heterocycles. The van der Waals surface area contributed by atoms with Crippen molar-refractivity contribution in [1.29, 1.82) is 0 Å². The highest BCUT2D eigenvalue weighted by atomic mass is 16.5. The molecule has 4 aliphatic rings. The lowest BCUT2D eigenvalue weighted by Crippen LogP contribution is -2.44. The fraction of sp³-hybridized carbons (Fsp3) is 0.500. The summed E-state index contributed by atoms with van der Waals surface area (Å²) in [4.78, 5) is 3.06. The first-order valence-corrected chi connectivity index (χ1v) is 21.3. The first-order valence-electron chi connectivity index (χ1n) is 21.3. The topological polar surface area (TPSA) is 168 Å². The van der Waals surface area contributed by atoms with Crippen molar-refractivity contribution in [3.05, 3.63) is 118 Å². The number of aromatic amines is 1. The second kappa shape index (κ2) is 17.5. The van der Waals surface area contributed by atoms with E-state index in [-0.39, 0.29) is 59.2 Å². The van der Waals surface area contributed by atoms with Gasteiger partial charge in [-0.2, -0.15) is 0 Å². The SMILES string of the molecule is CN[C@@H]1C=C[C@@H]2[C@@H](CC[C@H]([C@H](O)CCc3ccccc3)[C@H]2c2cc([C@H]3CC[C@H]4[C@H](C3)O[C@H](c3c(CO)c(O)c(O)c(OC)c3Cc3cc[nH]c3)C[C@@H]4O)ccc2O)C1. The number of aromatic hydroxyl groups is 3. The number of aromatic nitrogens is 1. The van der Waals surface area contributed by atoms with Crippen molar-refractivity contribution in [3.63, 3.8) is 0 Å². The Balaban J connectivity index is 1.09. The van der Waals surface area contributed by atoms with Gasteiger partial charge in [0.2, 0.25) is 5.75 Å². The van der Waals surface area contributed by atoms with E-state index < -0.39 is 36.4 Å². The second-order valence-corrected chi connectivity index (χ2v) is 17.3. The highest BCUT2D eigenvalue weighted by molar-refractivity contribution is 5.64. The molecule has 3 aliphatic carbocycles. The van der Waals surface area contributed by atoms with Crippen LogP contribution in [0, 0.1) is 23.7 Å². The molecule has 58 heavy (non-hydrogen) atoms. The maximum absolute atomic E-state index is 11.9. The summed E-state index contributed by atoms with van der Waals surface area (Å²) in [6.07, 6.45) is 13.4. The molecule has 8 rings (SSSR count). The number of aliphatic hydroxyl groups is 3. The number of likely N-dealkylation sites (N-methyl/N-ethyl adjacent to an activating group) is 1. The molecule has 3 fully saturated rings. The molecule has 2 saturated carbocycles. The fourth-order valence-corrected chi connectivity index (χ4v) is 11.3. The molecule has 1 saturated heterocycles. The lowest BCUT2D eigenvalue weighted by molar-refractivity contribution is -0.154. The first-order chi connectivity index (χ1) is 28.2. The van der Waals surface area contributed by atoms with Crippen molar-refractivity contribution in [3.8, 4) is 23.0 Å². The van der Waals surface area contributed by atoms with Crippen LogP contribution in [0.25, 0.3) is 0 Å². The Morgan fingerprint density at radius 3 is 2.48 bits per heavy atom. The summed E-state index contributed by atoms with van der Waals surface area (Å²) < 4.78 is 12.6. The van der Waals surface area contributed by atoms with Crippen molar-refractivity contribution < 1.29 is 40.1 Å². The lowest BCUT2D eigenvalue weighted by Gasteiger charge is -2.47. The molecule has 11 atom stereocenters. The summed E-state index contributed by atoms with van der Waals surface area (Å²) in [5.74, 6) is 0.113. The summed E-state index contributed by atoms with van der Waals surface area (Å²) in [5, 5.41) is 71.3. The van der Waals surface area contributed by atoms with E-state index in [2.05, 4.69) is 40.7 Å². The molecule has 0 unspecified atom stereocenters. The summed E-state index contributed by atoms with van der Waals surface area (Å²) in [6.45, 7) is -0.530. The number of phenols is 3. The van der Waals surface area contributed by atoms with Crippen LogP contribution < -0.4 is 10.1 Å². The lowest BCUT2D eigenvalue weighted by atomic mass is 9.59. The van der Waals surface area contributed by atoms with E-state index in [1.807, 2.05) is 55.8 Å². The zero-order valence-corrected chi connectivity index (χ0v) is 33.6. The minimum atomic E-state index is -0.675. The summed E-state index contributed by atoms with van der Waals surface area (Å²) in [6, 6.07) is 18.6. The number of phenolic OH excluding ortho intramolecular Hbond substituents is 2. The first kappa shape index (κ1) is 40.5. The van der Waals surface area contributed by atoms with Gasteiger partial charge in [-0.3, -0.25) is 0 Å². The van der Waals surface area contributed by atoms with E-state index in [0.717, 1.165) is 55.2 Å². The Morgan fingerprint density at radius 1 is 0.914 bits per heavy atom. The number of benzene rings is 3. The number of methoxy groups -OCH3 is 1. The Labute approximate surface area is 341 Å². The Bertz CT molecular complexity index is 2030. The van der Waals surface area contributed by atoms with Crippen LogP contribution in [-0.4, -0.2) is 74.1 Å². The van der Waals surface area contributed by atoms with E-state index in [1.54, 1.807) is 0 Å². The molecule has 3 aromatic carbocycles. The van der Waals surface area contributed by atoms with Gasteiger partial charge in [-0.05, 0) is 128 Å². The van der Waals surface area contributed by atoms with Gasteiger partial charge in [-0.15, -0.1) is 0 Å². The smallest absolute Gasteiger partial charge is 0.201 e. The predicted octanol–water partition coefficient (Wildman–Crippen LogP) is 7.27. The van der Waals surface area contributed by atoms with Gasteiger partial charge in [0.1, 0.15) is 5.75 Å². The monoisotopic (exact) mass is 792 g/mol. The molecule has 10 nitrogen and oxygen atoms in total. The quantitative estimate of drug-likeness (QED) is 0.0544. The Kier molecular flexibility index (Phi) is 12.2. The van der Waals surface area contributed by atoms with Gasteiger partial charge in [-0.25, -0.2) is 0 Å². The summed E-state index contributed by atoms with van der Waals surface area (Å²) in [5.41, 5.74) is 5.45. The Hall–Kier alpha value is -4.32. The van der Waals surface area contributed by atoms with Crippen molar-refractivity contribution in [1.82, 2.24) is 10.3 Å². The molecule has 0 radical (unpaired) electrons. The standard InChI is InChI=1S/C48H60N2O8/c1-49-32-12-15-33-31(21-32)10-14-35(39(52)16-8-27-6-4-3-5-7-27)44(33)36-22-29(11-17-40(36)53)30-9-13-34-41(54)24-43(58-42(34)23-30)45-37(20-28-18-19-50-25-28)48(57-2)47(56)46(55)38(45)26-51/h3-7,11-12,15,17-19,22,25,30-35,39,41-44,49-56H,8-10,13-14,16,20-21,23-24,26H2,1-2H3/t30-,31-,32+,33+,34+,35+,39+,41-,42-,43-,44-/m0/s1. The average Bonchev–Trinajstić information content (AvgIpc) is 3.77. The molecule has 10 heteroatoms. The zero-order chi connectivity index (χ0) is 40.5. The normalized spacial score (nSPS) is 30.0. The molecular weight excluding hydrogens is 733 g/mol. The minimum absolute atomic E-state index is 0.00452. The van der Waals surface area contributed by atoms with Crippen LogP contribution in [-0.2, 0) is 24.2 Å². The number of H-pyrrole nitrogens is 1. The number of hydrogen-bond donors (Lipinski definition) is 8. The van der Waals surface area contributed by atoms with E-state index in [1.165, 1.54) is 12.7 Å². The van der Waals surface area contributed by atoms with Crippen LogP contribution in [0.3, 0.4) is 0 Å². The average molecular weight is 793 g/mol. The molecular formula is C48H60N2O8. The fourth-order valence-electron chi connectivity index (χ4n) is 11.3. The van der Waals surface area contributed by atoms with E-state index >= 15 is 0 Å². The zero-order valence-electron chi connectivity index (χ0n) is 33.6. The van der Waals surface area contributed by atoms with Crippen molar-refractivity contribution in [2.45, 2.75) is 113 Å². The number of aliphatic hydroxyl groups excluding tert-OH is 3. The van der Waals surface area contributed by atoms with E-state index in [0.29, 0.717) is 42.3 Å². The van der Waals surface area contributed by atoms with Crippen LogP contribution in [0.2, 0.25) is 0 Å². The molecule has 4 aromatic rings. The molecule has 0 spiro atoms. The largest absolute Gasteiger partial charge is 0.508 e. The Morgan fingerprint density at radius 2 is 1.74 bits per heavy atom. The van der Waals surface area contributed by atoms with E-state index in [4.69, 9.17) is 9.47 Å². The van der Waals surface area contributed by atoms with Gasteiger partial charge in [0.25, 0.3) is 0 Å². The third kappa shape index (κ3) is 7.89. The molecule has 310 valence electrons. The number of ether oxygens (including phenoxy) is 2. The van der Waals surface area contributed by atoms with Gasteiger partial charge in [-0.1, -0.05) is 54.6 Å². The second-order valence-electron chi connectivity index (χ2n) is 17.3. The number of hydrogen-bond acceptors (Lipinski definition) is 9. The maximum Gasteiger partial charge on any atom is 0.201 e. The molecule has 0 bridgehead atoms. The predicted molar refractivity (Wildman–Crippen MR) is 222 cm³/mol. The van der Waals surface area contributed by atoms with Gasteiger partial charge in [0.15, 0.2) is 11.5 Å². The summed E-state index contributed by atoms with van der Waals surface area (Å²) >= 11 is 0. The number of allylic oxidation sites excluding steroid dienone is 1. The van der Waals surface area contributed by atoms with Crippen LogP contribution in [0.5, 0.6) is 23.0 Å². The number of rotatable bonds is 12. The van der Waals surface area contributed by atoms with Crippen molar-refractivity contribution in [2.75, 3.05) is 14.2 Å². The van der Waals surface area contributed by atoms with Crippen LogP contribution in [0.15, 0.2) is 79.1 Å². The van der Waals surface area contributed by atoms with Crippen molar-refractivity contribution >= 4 is 0 Å². The van der Waals surface area contributed by atoms with E-state index in [9.17, 15) is 30.6 Å². The van der Waals surface area contributed by atoms with Crippen LogP contribution in [0.4, 0.5) is 0 Å². The molecule has 2 heterocycles. The molecule has 8 N–H and O–H groups in total. The van der Waals surface area contributed by atoms with Crippen LogP contribution >= 0.6 is 0 Å². The minimum Gasteiger partial charge on any atom is -0.508 e. The number of nitrogens with one attached hydrogen (secondary N) is 2. The summed E-state index contributed by atoms with van der Waals surface area (Å²) in [7, 11) is 3.44. The number of fused-ring (bicyclic) bond motifs is 2. The van der Waals surface area contributed by atoms with Gasteiger partial charge >= 0.3 is 0 Å². The number of aryl methyl sites for hydroxylation is 1. The molecule has 0 amide bonds. The highest BCUT2D eigenvalue weighted by Gasteiger charge is 2.46. The van der Waals surface area contributed by atoms with Crippen molar-refractivity contribution in [2.24, 2.45) is 23.7 Å². The van der Waals surface area contributed by atoms with Crippen LogP contribution in [0.1, 0.15) is 108 Å². The highest BCUT2D eigenvalue weighted by Crippen LogP contribution is 2.55. The maximum atomic E-state index is 11.9. The van der Waals surface area contributed by atoms with Gasteiger partial charge in [0.05, 0.1) is 38.1 Å². The van der Waals surface area contributed by atoms with Gasteiger partial charge in [0, 0.05) is 48.3 Å². The molecule has 1 aromatic heterocycles.